The van der Waals surface area contributed by atoms with Gasteiger partial charge < -0.3 is 15.3 Å². The lowest BCUT2D eigenvalue weighted by molar-refractivity contribution is 0.194. The number of aromatic nitrogens is 5. The van der Waals surface area contributed by atoms with Gasteiger partial charge in [0, 0.05) is 44.0 Å². The Morgan fingerprint density at radius 2 is 2.11 bits per heavy atom. The van der Waals surface area contributed by atoms with Gasteiger partial charge in [-0.25, -0.2) is 15.0 Å². The third kappa shape index (κ3) is 2.76. The van der Waals surface area contributed by atoms with E-state index in [1.54, 1.807) is 6.33 Å². The second kappa shape index (κ2) is 6.51. The molecule has 1 atom stereocenters. The highest BCUT2D eigenvalue weighted by Gasteiger charge is 2.33. The molecule has 0 bridgehead atoms. The first-order valence-corrected chi connectivity index (χ1v) is 9.16. The number of nitrogens with zero attached hydrogens (tertiary/aromatic N) is 4. The average molecular weight is 359 g/mol. The van der Waals surface area contributed by atoms with E-state index in [2.05, 4.69) is 42.3 Å². The van der Waals surface area contributed by atoms with Crippen LogP contribution in [0.25, 0.3) is 11.0 Å². The van der Waals surface area contributed by atoms with Crippen LogP contribution in [0.5, 0.6) is 0 Å². The summed E-state index contributed by atoms with van der Waals surface area (Å²) in [7, 11) is 1.91. The monoisotopic (exact) mass is 359 g/mol. The van der Waals surface area contributed by atoms with Crippen LogP contribution >= 0.6 is 0 Å². The smallest absolute Gasteiger partial charge is 0.130 e. The van der Waals surface area contributed by atoms with Crippen LogP contribution in [0.3, 0.4) is 0 Å². The lowest BCUT2D eigenvalue weighted by atomic mass is 10.0. The predicted molar refractivity (Wildman–Crippen MR) is 104 cm³/mol. The Kier molecular flexibility index (Phi) is 3.86. The number of hydrogen-bond donors (Lipinski definition) is 3. The summed E-state index contributed by atoms with van der Waals surface area (Å²) < 4.78 is 0. The fourth-order valence-electron chi connectivity index (χ4n) is 3.91. The fourth-order valence-corrected chi connectivity index (χ4v) is 3.91. The predicted octanol–water partition coefficient (Wildman–Crippen LogP) is 2.87. The number of H-pyrrole nitrogens is 2. The summed E-state index contributed by atoms with van der Waals surface area (Å²) in [4.78, 5) is 23.2. The molecular weight excluding hydrogens is 338 g/mol. The molecular formula is C20H21N7. The summed E-state index contributed by atoms with van der Waals surface area (Å²) in [6.07, 6.45) is 4.54. The fraction of sp³-hybridized carbons (Fsp3) is 0.250. The molecule has 136 valence electrons. The molecule has 0 fully saturated rings. The number of pyridine rings is 1. The third-order valence-electron chi connectivity index (χ3n) is 5.19. The SMILES string of the molecule is CNc1ncccc1CN1CCc2[nH]cnc2[C@@H]1c1nc2ccccc2[nH]1. The normalized spacial score (nSPS) is 17.1. The van der Waals surface area contributed by atoms with E-state index in [1.165, 1.54) is 11.3 Å². The molecule has 7 heteroatoms. The summed E-state index contributed by atoms with van der Waals surface area (Å²) in [6.45, 7) is 1.70. The van der Waals surface area contributed by atoms with Crippen molar-refractivity contribution in [1.82, 2.24) is 29.8 Å². The number of aromatic amines is 2. The van der Waals surface area contributed by atoms with E-state index in [9.17, 15) is 0 Å². The lowest BCUT2D eigenvalue weighted by Gasteiger charge is -2.34. The number of rotatable bonds is 4. The zero-order valence-corrected chi connectivity index (χ0v) is 15.1. The molecule has 1 aliphatic rings. The Bertz CT molecular complexity index is 1050. The minimum absolute atomic E-state index is 0.0164. The van der Waals surface area contributed by atoms with Gasteiger partial charge in [0.05, 0.1) is 23.1 Å². The Balaban J connectivity index is 1.57. The van der Waals surface area contributed by atoms with E-state index in [0.29, 0.717) is 0 Å². The van der Waals surface area contributed by atoms with Crippen LogP contribution in [0.4, 0.5) is 5.82 Å². The van der Waals surface area contributed by atoms with Crippen molar-refractivity contribution >= 4 is 16.9 Å². The standard InChI is InChI=1S/C20H21N7/c1-21-19-13(5-4-9-22-19)11-27-10-8-16-17(24-12-23-16)18(27)20-25-14-6-2-3-7-15(14)26-20/h2-7,9,12,18H,8,10-11H2,1H3,(H,21,22)(H,23,24)(H,25,26)/t18-/m1/s1. The Hall–Kier alpha value is -3.19. The number of fused-ring (bicyclic) bond motifs is 2. The van der Waals surface area contributed by atoms with Crippen LogP contribution < -0.4 is 5.32 Å². The molecule has 3 N–H and O–H groups in total. The molecule has 0 aliphatic carbocycles. The highest BCUT2D eigenvalue weighted by atomic mass is 15.2. The molecule has 5 rings (SSSR count). The summed E-state index contributed by atoms with van der Waals surface area (Å²) in [5.74, 6) is 1.84. The first kappa shape index (κ1) is 16.0. The largest absolute Gasteiger partial charge is 0.373 e. The van der Waals surface area contributed by atoms with E-state index < -0.39 is 0 Å². The van der Waals surface area contributed by atoms with Crippen molar-refractivity contribution in [2.45, 2.75) is 19.0 Å². The molecule has 0 spiro atoms. The van der Waals surface area contributed by atoms with Crippen LogP contribution in [-0.2, 0) is 13.0 Å². The maximum absolute atomic E-state index is 4.87. The van der Waals surface area contributed by atoms with Crippen molar-refractivity contribution in [3.63, 3.8) is 0 Å². The molecule has 0 unspecified atom stereocenters. The first-order chi connectivity index (χ1) is 13.3. The Labute approximate surface area is 156 Å². The number of para-hydroxylation sites is 2. The van der Waals surface area contributed by atoms with Crippen molar-refractivity contribution in [3.05, 3.63) is 71.7 Å². The Morgan fingerprint density at radius 3 is 3.00 bits per heavy atom. The molecule has 0 radical (unpaired) electrons. The minimum Gasteiger partial charge on any atom is -0.373 e. The maximum atomic E-state index is 4.87. The van der Waals surface area contributed by atoms with Gasteiger partial charge in [-0.15, -0.1) is 0 Å². The maximum Gasteiger partial charge on any atom is 0.130 e. The molecule has 3 aromatic heterocycles. The van der Waals surface area contributed by atoms with E-state index >= 15 is 0 Å². The van der Waals surface area contributed by atoms with Gasteiger partial charge in [0.1, 0.15) is 17.7 Å². The average Bonchev–Trinajstić information content (AvgIpc) is 3.34. The highest BCUT2D eigenvalue weighted by Crippen LogP contribution is 2.34. The van der Waals surface area contributed by atoms with Gasteiger partial charge in [-0.05, 0) is 18.2 Å². The van der Waals surface area contributed by atoms with Crippen LogP contribution in [0, 0.1) is 0 Å². The third-order valence-corrected chi connectivity index (χ3v) is 5.19. The molecule has 0 amide bonds. The molecule has 4 aromatic rings. The van der Waals surface area contributed by atoms with Crippen LogP contribution in [0.2, 0.25) is 0 Å². The highest BCUT2D eigenvalue weighted by molar-refractivity contribution is 5.75. The molecule has 27 heavy (non-hydrogen) atoms. The van der Waals surface area contributed by atoms with Crippen molar-refractivity contribution in [1.29, 1.82) is 0 Å². The second-order valence-corrected chi connectivity index (χ2v) is 6.79. The van der Waals surface area contributed by atoms with Gasteiger partial charge in [0.2, 0.25) is 0 Å². The van der Waals surface area contributed by atoms with Gasteiger partial charge in [-0.3, -0.25) is 4.90 Å². The van der Waals surface area contributed by atoms with Gasteiger partial charge in [0.25, 0.3) is 0 Å². The van der Waals surface area contributed by atoms with Gasteiger partial charge in [-0.1, -0.05) is 18.2 Å². The quantitative estimate of drug-likeness (QED) is 0.522. The second-order valence-electron chi connectivity index (χ2n) is 6.79. The topological polar surface area (TPSA) is 85.5 Å². The first-order valence-electron chi connectivity index (χ1n) is 9.16. The molecule has 0 saturated carbocycles. The molecule has 7 nitrogen and oxygen atoms in total. The summed E-state index contributed by atoms with van der Waals surface area (Å²) in [5, 5.41) is 3.19. The lowest BCUT2D eigenvalue weighted by Crippen LogP contribution is -2.36. The molecule has 0 saturated heterocycles. The number of imidazole rings is 2. The van der Waals surface area contributed by atoms with Gasteiger partial charge in [-0.2, -0.15) is 0 Å². The number of benzene rings is 1. The molecule has 1 aliphatic heterocycles. The summed E-state index contributed by atoms with van der Waals surface area (Å²) in [6, 6.07) is 12.2. The summed E-state index contributed by atoms with van der Waals surface area (Å²) in [5.41, 5.74) is 5.44. The van der Waals surface area contributed by atoms with Crippen LogP contribution in [0.15, 0.2) is 48.9 Å². The summed E-state index contributed by atoms with van der Waals surface area (Å²) >= 11 is 0. The molecule has 1 aromatic carbocycles. The van der Waals surface area contributed by atoms with Crippen molar-refractivity contribution in [2.24, 2.45) is 0 Å². The van der Waals surface area contributed by atoms with Crippen LogP contribution in [-0.4, -0.2) is 43.4 Å². The van der Waals surface area contributed by atoms with E-state index in [4.69, 9.17) is 4.98 Å². The van der Waals surface area contributed by atoms with Crippen molar-refractivity contribution in [3.8, 4) is 0 Å². The zero-order chi connectivity index (χ0) is 18.2. The van der Waals surface area contributed by atoms with Crippen molar-refractivity contribution in [2.75, 3.05) is 18.9 Å². The zero-order valence-electron chi connectivity index (χ0n) is 15.1. The van der Waals surface area contributed by atoms with Gasteiger partial charge >= 0.3 is 0 Å². The van der Waals surface area contributed by atoms with E-state index in [1.807, 2.05) is 37.5 Å². The number of anilines is 1. The minimum atomic E-state index is -0.0164. The van der Waals surface area contributed by atoms with Crippen LogP contribution in [0.1, 0.15) is 28.8 Å². The van der Waals surface area contributed by atoms with Gasteiger partial charge in [0.15, 0.2) is 0 Å². The number of nitrogens with one attached hydrogen (secondary N) is 3. The van der Waals surface area contributed by atoms with Crippen molar-refractivity contribution < 1.29 is 0 Å². The number of hydrogen-bond acceptors (Lipinski definition) is 5. The molecule has 4 heterocycles. The Morgan fingerprint density at radius 1 is 1.19 bits per heavy atom. The van der Waals surface area contributed by atoms with E-state index in [-0.39, 0.29) is 6.04 Å². The van der Waals surface area contributed by atoms with E-state index in [0.717, 1.165) is 47.9 Å².